The molecule has 0 saturated carbocycles. The van der Waals surface area contributed by atoms with Crippen LogP contribution < -0.4 is 0 Å². The fourth-order valence-corrected chi connectivity index (χ4v) is 5.31. The van der Waals surface area contributed by atoms with Crippen molar-refractivity contribution in [1.29, 1.82) is 0 Å². The van der Waals surface area contributed by atoms with Crippen molar-refractivity contribution in [3.8, 4) is 0 Å². The normalized spacial score (nSPS) is 36.5. The number of ether oxygens (including phenoxy) is 1. The Bertz CT molecular complexity index is 288. The zero-order chi connectivity index (χ0) is 13.1. The molecule has 0 radical (unpaired) electrons. The number of thioether (sulfide) groups is 1. The number of hydrogen-bond acceptors (Lipinski definition) is 4. The van der Waals surface area contributed by atoms with Crippen LogP contribution >= 0.6 is 11.8 Å². The van der Waals surface area contributed by atoms with Gasteiger partial charge < -0.3 is 9.84 Å². The molecule has 3 fully saturated rings. The Morgan fingerprint density at radius 3 is 2.84 bits per heavy atom. The van der Waals surface area contributed by atoms with Gasteiger partial charge in [-0.05, 0) is 56.6 Å². The summed E-state index contributed by atoms with van der Waals surface area (Å²) in [5.74, 6) is 2.52. The van der Waals surface area contributed by atoms with Gasteiger partial charge in [0.2, 0.25) is 0 Å². The second-order valence-corrected chi connectivity index (χ2v) is 7.59. The molecule has 2 unspecified atom stereocenters. The van der Waals surface area contributed by atoms with Crippen LogP contribution in [0, 0.1) is 0 Å². The molecule has 0 aromatic carbocycles. The SMILES string of the molecule is OCC1CCCCN1C1CCOC2(CCSCC2)C1. The van der Waals surface area contributed by atoms with E-state index in [4.69, 9.17) is 4.74 Å². The molecule has 19 heavy (non-hydrogen) atoms. The minimum Gasteiger partial charge on any atom is -0.395 e. The van der Waals surface area contributed by atoms with Crippen molar-refractivity contribution in [3.05, 3.63) is 0 Å². The van der Waals surface area contributed by atoms with E-state index in [1.54, 1.807) is 0 Å². The van der Waals surface area contributed by atoms with Gasteiger partial charge in [-0.15, -0.1) is 0 Å². The molecule has 0 aromatic rings. The lowest BCUT2D eigenvalue weighted by molar-refractivity contribution is -0.120. The molecule has 0 amide bonds. The molecular weight excluding hydrogens is 258 g/mol. The second-order valence-electron chi connectivity index (χ2n) is 6.36. The van der Waals surface area contributed by atoms with Gasteiger partial charge in [-0.25, -0.2) is 0 Å². The molecule has 3 saturated heterocycles. The molecule has 4 heteroatoms. The molecule has 3 heterocycles. The van der Waals surface area contributed by atoms with E-state index in [1.807, 2.05) is 0 Å². The van der Waals surface area contributed by atoms with Crippen molar-refractivity contribution in [3.63, 3.8) is 0 Å². The lowest BCUT2D eigenvalue weighted by atomic mass is 9.83. The molecule has 3 nitrogen and oxygen atoms in total. The predicted octanol–water partition coefficient (Wildman–Crippen LogP) is 2.28. The molecule has 3 aliphatic heterocycles. The van der Waals surface area contributed by atoms with Crippen LogP contribution in [0.5, 0.6) is 0 Å². The van der Waals surface area contributed by atoms with Crippen LogP contribution in [0.4, 0.5) is 0 Å². The van der Waals surface area contributed by atoms with Crippen molar-refractivity contribution in [2.45, 2.75) is 62.6 Å². The molecule has 110 valence electrons. The minimum atomic E-state index is 0.172. The Balaban J connectivity index is 1.66. The highest BCUT2D eigenvalue weighted by Crippen LogP contribution is 2.40. The fourth-order valence-electron chi connectivity index (χ4n) is 4.08. The molecule has 1 spiro atoms. The zero-order valence-corrected chi connectivity index (χ0v) is 12.7. The Hall–Kier alpha value is 0.230. The topological polar surface area (TPSA) is 32.7 Å². The van der Waals surface area contributed by atoms with E-state index in [-0.39, 0.29) is 5.60 Å². The van der Waals surface area contributed by atoms with Gasteiger partial charge in [-0.1, -0.05) is 6.42 Å². The van der Waals surface area contributed by atoms with Gasteiger partial charge in [0.15, 0.2) is 0 Å². The van der Waals surface area contributed by atoms with Gasteiger partial charge in [0, 0.05) is 18.7 Å². The number of aliphatic hydroxyl groups is 1. The predicted molar refractivity (Wildman–Crippen MR) is 79.7 cm³/mol. The summed E-state index contributed by atoms with van der Waals surface area (Å²) in [6.07, 6.45) is 8.58. The Morgan fingerprint density at radius 1 is 1.21 bits per heavy atom. The molecule has 0 bridgehead atoms. The summed E-state index contributed by atoms with van der Waals surface area (Å²) in [4.78, 5) is 2.61. The maximum Gasteiger partial charge on any atom is 0.0713 e. The van der Waals surface area contributed by atoms with Gasteiger partial charge in [0.25, 0.3) is 0 Å². The fraction of sp³-hybridized carbons (Fsp3) is 1.00. The van der Waals surface area contributed by atoms with Crippen LogP contribution in [0.2, 0.25) is 0 Å². The number of likely N-dealkylation sites (tertiary alicyclic amines) is 1. The summed E-state index contributed by atoms with van der Waals surface area (Å²) in [6.45, 7) is 2.44. The number of piperidine rings is 1. The summed E-state index contributed by atoms with van der Waals surface area (Å²) in [6, 6.07) is 1.06. The summed E-state index contributed by atoms with van der Waals surface area (Å²) in [7, 11) is 0. The standard InChI is InChI=1S/C15H27NO2S/c17-12-14-3-1-2-7-16(14)13-4-8-18-15(11-13)5-9-19-10-6-15/h13-14,17H,1-12H2. The van der Waals surface area contributed by atoms with E-state index >= 15 is 0 Å². The van der Waals surface area contributed by atoms with Crippen LogP contribution in [0.1, 0.15) is 44.9 Å². The third-order valence-electron chi connectivity index (χ3n) is 5.22. The molecule has 3 rings (SSSR count). The van der Waals surface area contributed by atoms with E-state index in [2.05, 4.69) is 16.7 Å². The van der Waals surface area contributed by atoms with Crippen molar-refractivity contribution >= 4 is 11.8 Å². The van der Waals surface area contributed by atoms with Gasteiger partial charge in [0.1, 0.15) is 0 Å². The number of hydrogen-bond donors (Lipinski definition) is 1. The van der Waals surface area contributed by atoms with Crippen molar-refractivity contribution in [1.82, 2.24) is 4.90 Å². The second kappa shape index (κ2) is 6.33. The molecule has 0 aliphatic carbocycles. The van der Waals surface area contributed by atoms with Crippen molar-refractivity contribution in [2.75, 3.05) is 31.3 Å². The monoisotopic (exact) mass is 285 g/mol. The Kier molecular flexibility index (Phi) is 4.73. The van der Waals surface area contributed by atoms with Crippen molar-refractivity contribution in [2.24, 2.45) is 0 Å². The van der Waals surface area contributed by atoms with Gasteiger partial charge in [-0.2, -0.15) is 11.8 Å². The first kappa shape index (κ1) is 14.2. The summed E-state index contributed by atoms with van der Waals surface area (Å²) < 4.78 is 6.19. The maximum absolute atomic E-state index is 9.62. The van der Waals surface area contributed by atoms with Crippen LogP contribution in [0.15, 0.2) is 0 Å². The van der Waals surface area contributed by atoms with E-state index in [0.29, 0.717) is 18.7 Å². The molecule has 1 N–H and O–H groups in total. The lowest BCUT2D eigenvalue weighted by Crippen LogP contribution is -2.55. The largest absolute Gasteiger partial charge is 0.395 e. The number of rotatable bonds is 2. The first-order chi connectivity index (χ1) is 9.33. The van der Waals surface area contributed by atoms with Gasteiger partial charge in [0.05, 0.1) is 12.2 Å². The highest BCUT2D eigenvalue weighted by Gasteiger charge is 2.41. The summed E-state index contributed by atoms with van der Waals surface area (Å²) in [5, 5.41) is 9.62. The van der Waals surface area contributed by atoms with Crippen LogP contribution in [0.25, 0.3) is 0 Å². The van der Waals surface area contributed by atoms with Gasteiger partial charge in [-0.3, -0.25) is 4.90 Å². The molecule has 3 aliphatic rings. The van der Waals surface area contributed by atoms with Crippen molar-refractivity contribution < 1.29 is 9.84 Å². The smallest absolute Gasteiger partial charge is 0.0713 e. The summed E-state index contributed by atoms with van der Waals surface area (Å²) >= 11 is 2.07. The average molecular weight is 285 g/mol. The molecule has 2 atom stereocenters. The van der Waals surface area contributed by atoms with Crippen LogP contribution in [-0.2, 0) is 4.74 Å². The number of nitrogens with zero attached hydrogens (tertiary/aromatic N) is 1. The first-order valence-corrected chi connectivity index (χ1v) is 9.07. The first-order valence-electron chi connectivity index (χ1n) is 7.91. The third kappa shape index (κ3) is 3.12. The number of aliphatic hydroxyl groups excluding tert-OH is 1. The van der Waals surface area contributed by atoms with Gasteiger partial charge >= 0.3 is 0 Å². The average Bonchev–Trinajstić information content (AvgIpc) is 2.48. The highest BCUT2D eigenvalue weighted by molar-refractivity contribution is 7.99. The van der Waals surface area contributed by atoms with Crippen LogP contribution in [0.3, 0.4) is 0 Å². The summed E-state index contributed by atoms with van der Waals surface area (Å²) in [5.41, 5.74) is 0.172. The molecule has 0 aromatic heterocycles. The highest BCUT2D eigenvalue weighted by atomic mass is 32.2. The quantitative estimate of drug-likeness (QED) is 0.844. The van der Waals surface area contributed by atoms with Crippen LogP contribution in [-0.4, -0.2) is 59.0 Å². The molecular formula is C15H27NO2S. The van der Waals surface area contributed by atoms with E-state index < -0.39 is 0 Å². The van der Waals surface area contributed by atoms with E-state index in [0.717, 1.165) is 13.0 Å². The zero-order valence-electron chi connectivity index (χ0n) is 11.9. The Labute approximate surface area is 121 Å². The Morgan fingerprint density at radius 2 is 2.05 bits per heavy atom. The maximum atomic E-state index is 9.62. The minimum absolute atomic E-state index is 0.172. The lowest BCUT2D eigenvalue weighted by Gasteiger charge is -2.49. The third-order valence-corrected chi connectivity index (χ3v) is 6.21. The van der Waals surface area contributed by atoms with E-state index in [9.17, 15) is 5.11 Å². The van der Waals surface area contributed by atoms with E-state index in [1.165, 1.54) is 56.6 Å².